The lowest BCUT2D eigenvalue weighted by atomic mass is 10.1. The Morgan fingerprint density at radius 2 is 1.88 bits per heavy atom. The number of terminal acetylenes is 1. The van der Waals surface area contributed by atoms with Gasteiger partial charge in [-0.2, -0.15) is 0 Å². The van der Waals surface area contributed by atoms with Crippen LogP contribution in [-0.4, -0.2) is 63.3 Å². The van der Waals surface area contributed by atoms with Crippen molar-refractivity contribution in [1.82, 2.24) is 14.6 Å². The number of fused-ring (bicyclic) bond motifs is 1. The highest BCUT2D eigenvalue weighted by molar-refractivity contribution is 8.09. The average Bonchev–Trinajstić information content (AvgIpc) is 2.93. The summed E-state index contributed by atoms with van der Waals surface area (Å²) in [6.45, 7) is 0.170. The fourth-order valence-electron chi connectivity index (χ4n) is 3.66. The maximum absolute atomic E-state index is 12.6. The molecule has 3 aromatic rings. The second-order valence-corrected chi connectivity index (χ2v) is 12.3. The molecule has 0 amide bonds. The molecule has 14 heteroatoms. The van der Waals surface area contributed by atoms with E-state index in [1.165, 1.54) is 6.92 Å². The van der Waals surface area contributed by atoms with Crippen LogP contribution in [0.5, 0.6) is 5.75 Å². The Labute approximate surface area is 241 Å². The van der Waals surface area contributed by atoms with Gasteiger partial charge in [0.05, 0.1) is 19.3 Å². The van der Waals surface area contributed by atoms with E-state index in [1.807, 2.05) is 30.3 Å². The van der Waals surface area contributed by atoms with Gasteiger partial charge in [0.25, 0.3) is 5.56 Å². The van der Waals surface area contributed by atoms with Crippen molar-refractivity contribution in [2.24, 2.45) is 0 Å². The molecule has 1 aromatic heterocycles. The first kappa shape index (κ1) is 32.2. The molecule has 0 radical (unpaired) electrons. The summed E-state index contributed by atoms with van der Waals surface area (Å²) in [6.07, 6.45) is 1.95. The smallest absolute Gasteiger partial charge is 0.330 e. The largest absolute Gasteiger partial charge is 0.462 e. The summed E-state index contributed by atoms with van der Waals surface area (Å²) in [5, 5.41) is 24.9. The number of hydrogen-bond acceptors (Lipinski definition) is 10. The molecule has 0 saturated carbocycles. The lowest BCUT2D eigenvalue weighted by molar-refractivity contribution is -0.149. The van der Waals surface area contributed by atoms with E-state index in [9.17, 15) is 24.6 Å². The molecular weight excluding hydrogens is 573 g/mol. The van der Waals surface area contributed by atoms with Gasteiger partial charge in [-0.15, -0.1) is 6.42 Å². The van der Waals surface area contributed by atoms with Crippen LogP contribution in [0.1, 0.15) is 27.0 Å². The predicted octanol–water partition coefficient (Wildman–Crippen LogP) is 1.81. The highest BCUT2D eigenvalue weighted by Crippen LogP contribution is 2.47. The fourth-order valence-corrected chi connectivity index (χ4v) is 6.07. The van der Waals surface area contributed by atoms with Gasteiger partial charge >= 0.3 is 18.3 Å². The normalized spacial score (nSPS) is 15.8. The molecule has 41 heavy (non-hydrogen) atoms. The van der Waals surface area contributed by atoms with Crippen LogP contribution in [0.2, 0.25) is 0 Å². The highest BCUT2D eigenvalue weighted by Gasteiger charge is 2.32. The second-order valence-electron chi connectivity index (χ2n) is 9.14. The van der Waals surface area contributed by atoms with Crippen LogP contribution in [0, 0.1) is 12.3 Å². The number of aromatic amines is 1. The summed E-state index contributed by atoms with van der Waals surface area (Å²) in [5.74, 6) is 1.92. The van der Waals surface area contributed by atoms with Crippen LogP contribution in [0.25, 0.3) is 10.8 Å². The number of hydrogen-bond donors (Lipinski definition) is 4. The molecule has 0 aliphatic carbocycles. The number of aromatic nitrogens is 2. The molecule has 2 aromatic carbocycles. The molecule has 3 rings (SSSR count). The molecule has 12 nitrogen and oxygen atoms in total. The van der Waals surface area contributed by atoms with Crippen LogP contribution < -0.4 is 20.9 Å². The van der Waals surface area contributed by atoms with Gasteiger partial charge in [-0.3, -0.25) is 19.1 Å². The second kappa shape index (κ2) is 14.5. The Balaban J connectivity index is 1.91. The standard InChI is InChI=1S/C27H32N3O9PS/c1-5-21(32)23(38-25(15-31)30-14-13-24(33)28-27(30)35)16-36-40(41,29-18(4)26(34)37-17(2)3)39-22-12-8-10-19-9-6-7-11-20(19)22/h1,6-14,17-18,21,23,25,31-32H,15-16H2,2-4H3,(H,29,41)(H,28,33,35)/t18?,21-,23?,25?,40?/m0/s1. The molecule has 0 aliphatic heterocycles. The first-order valence-electron chi connectivity index (χ1n) is 12.6. The first-order chi connectivity index (χ1) is 19.5. The van der Waals surface area contributed by atoms with Gasteiger partial charge in [-0.25, -0.2) is 9.88 Å². The summed E-state index contributed by atoms with van der Waals surface area (Å²) in [4.78, 5) is 38.3. The van der Waals surface area contributed by atoms with Crippen molar-refractivity contribution in [2.75, 3.05) is 13.2 Å². The third-order valence-corrected chi connectivity index (χ3v) is 8.09. The Morgan fingerprint density at radius 3 is 2.54 bits per heavy atom. The minimum atomic E-state index is -3.60. The number of ether oxygens (including phenoxy) is 2. The molecule has 4 unspecified atom stereocenters. The summed E-state index contributed by atoms with van der Waals surface area (Å²) >= 11 is 5.78. The van der Waals surface area contributed by atoms with Crippen molar-refractivity contribution < 1.29 is 33.5 Å². The minimum Gasteiger partial charge on any atom is -0.462 e. The van der Waals surface area contributed by atoms with Crippen molar-refractivity contribution in [3.05, 3.63) is 75.6 Å². The maximum atomic E-state index is 12.6. The van der Waals surface area contributed by atoms with E-state index in [-0.39, 0.29) is 6.10 Å². The van der Waals surface area contributed by atoms with E-state index in [0.29, 0.717) is 5.75 Å². The lowest BCUT2D eigenvalue weighted by Gasteiger charge is -2.30. The average molecular weight is 606 g/mol. The number of aliphatic hydroxyl groups excluding tert-OH is 2. The Kier molecular flexibility index (Phi) is 11.4. The Bertz CT molecular complexity index is 1550. The monoisotopic (exact) mass is 605 g/mol. The third kappa shape index (κ3) is 8.82. The molecule has 220 valence electrons. The molecule has 0 aliphatic rings. The Hall–Kier alpha value is -3.34. The van der Waals surface area contributed by atoms with Crippen LogP contribution in [0.4, 0.5) is 0 Å². The molecule has 4 N–H and O–H groups in total. The van der Waals surface area contributed by atoms with Gasteiger partial charge in [-0.1, -0.05) is 42.3 Å². The zero-order chi connectivity index (χ0) is 30.2. The molecule has 0 saturated heterocycles. The predicted molar refractivity (Wildman–Crippen MR) is 156 cm³/mol. The number of carbonyl (C=O) groups excluding carboxylic acids is 1. The van der Waals surface area contributed by atoms with Crippen molar-refractivity contribution in [2.45, 2.75) is 51.4 Å². The minimum absolute atomic E-state index is 0.375. The van der Waals surface area contributed by atoms with Crippen LogP contribution in [0.15, 0.2) is 64.3 Å². The third-order valence-electron chi connectivity index (χ3n) is 5.61. The number of benzene rings is 2. The van der Waals surface area contributed by atoms with Crippen molar-refractivity contribution >= 4 is 35.2 Å². The van der Waals surface area contributed by atoms with Gasteiger partial charge in [0, 0.05) is 17.6 Å². The topological polar surface area (TPSA) is 161 Å². The van der Waals surface area contributed by atoms with E-state index in [1.54, 1.807) is 26.0 Å². The van der Waals surface area contributed by atoms with Gasteiger partial charge in [0.2, 0.25) is 0 Å². The number of esters is 1. The lowest BCUT2D eigenvalue weighted by Crippen LogP contribution is -2.41. The number of rotatable bonds is 14. The number of carbonyl (C=O) groups is 1. The summed E-state index contributed by atoms with van der Waals surface area (Å²) < 4.78 is 24.2. The van der Waals surface area contributed by atoms with E-state index >= 15 is 0 Å². The molecule has 0 spiro atoms. The molecule has 0 bridgehead atoms. The first-order valence-corrected chi connectivity index (χ1v) is 15.2. The summed E-state index contributed by atoms with van der Waals surface area (Å²) in [5.41, 5.74) is -1.50. The van der Waals surface area contributed by atoms with Crippen LogP contribution in [0.3, 0.4) is 0 Å². The number of nitrogens with zero attached hydrogens (tertiary/aromatic N) is 1. The fraction of sp³-hybridized carbons (Fsp3) is 0.370. The van der Waals surface area contributed by atoms with Gasteiger partial charge < -0.3 is 28.7 Å². The molecule has 0 fully saturated rings. The number of nitrogens with one attached hydrogen (secondary N) is 2. The van der Waals surface area contributed by atoms with Crippen molar-refractivity contribution in [3.63, 3.8) is 0 Å². The van der Waals surface area contributed by atoms with Gasteiger partial charge in [0.15, 0.2) is 6.23 Å². The maximum Gasteiger partial charge on any atom is 0.330 e. The van der Waals surface area contributed by atoms with Crippen molar-refractivity contribution in [1.29, 1.82) is 0 Å². The highest BCUT2D eigenvalue weighted by atomic mass is 32.5. The quantitative estimate of drug-likeness (QED) is 0.121. The van der Waals surface area contributed by atoms with E-state index < -0.39 is 61.6 Å². The van der Waals surface area contributed by atoms with Crippen LogP contribution in [-0.2, 0) is 30.6 Å². The number of H-pyrrole nitrogens is 1. The molecular formula is C27H32N3O9PS. The van der Waals surface area contributed by atoms with Gasteiger partial charge in [0.1, 0.15) is 24.0 Å². The van der Waals surface area contributed by atoms with Crippen LogP contribution >= 0.6 is 6.64 Å². The van der Waals surface area contributed by atoms with E-state index in [4.69, 9.17) is 36.8 Å². The summed E-state index contributed by atoms with van der Waals surface area (Å²) in [7, 11) is 0. The zero-order valence-corrected chi connectivity index (χ0v) is 24.3. The molecule has 5 atom stereocenters. The SMILES string of the molecule is C#C[C@H](O)C(COP(=S)(NC(C)C(=O)OC(C)C)Oc1cccc2ccccc12)OC(CO)n1ccc(=O)[nH]c1=O. The van der Waals surface area contributed by atoms with E-state index in [2.05, 4.69) is 16.0 Å². The molecule has 1 heterocycles. The van der Waals surface area contributed by atoms with Crippen molar-refractivity contribution in [3.8, 4) is 18.1 Å². The summed E-state index contributed by atoms with van der Waals surface area (Å²) in [6, 6.07) is 12.9. The Morgan fingerprint density at radius 1 is 1.17 bits per heavy atom. The van der Waals surface area contributed by atoms with E-state index in [0.717, 1.165) is 27.6 Å². The van der Waals surface area contributed by atoms with Gasteiger partial charge in [-0.05, 0) is 44.0 Å². The zero-order valence-electron chi connectivity index (χ0n) is 22.6. The number of aliphatic hydroxyl groups is 2.